The Balaban J connectivity index is 2.86. The summed E-state index contributed by atoms with van der Waals surface area (Å²) in [6.07, 6.45) is -0.491. The van der Waals surface area contributed by atoms with Crippen molar-refractivity contribution in [1.82, 2.24) is 0 Å². The van der Waals surface area contributed by atoms with Crippen molar-refractivity contribution in [2.75, 3.05) is 11.1 Å². The summed E-state index contributed by atoms with van der Waals surface area (Å²) >= 11 is 0. The molecule has 0 aliphatic carbocycles. The van der Waals surface area contributed by atoms with Crippen LogP contribution in [0.25, 0.3) is 0 Å². The van der Waals surface area contributed by atoms with Gasteiger partial charge >= 0.3 is 6.09 Å². The maximum absolute atomic E-state index is 11.7. The van der Waals surface area contributed by atoms with E-state index in [1.165, 1.54) is 0 Å². The third-order valence-electron chi connectivity index (χ3n) is 2.40. The zero-order valence-corrected chi connectivity index (χ0v) is 11.7. The van der Waals surface area contributed by atoms with Crippen molar-refractivity contribution in [1.29, 1.82) is 0 Å². The van der Waals surface area contributed by atoms with E-state index in [1.807, 2.05) is 32.9 Å². The Bertz CT molecular complexity index is 434. The Morgan fingerprint density at radius 2 is 1.94 bits per heavy atom. The lowest BCUT2D eigenvalue weighted by Crippen LogP contribution is -2.27. The number of ether oxygens (including phenoxy) is 1. The van der Waals surface area contributed by atoms with Crippen LogP contribution in [0.3, 0.4) is 0 Å². The molecule has 4 heteroatoms. The molecular weight excluding hydrogens is 228 g/mol. The summed E-state index contributed by atoms with van der Waals surface area (Å²) in [7, 11) is 0. The molecule has 18 heavy (non-hydrogen) atoms. The number of nitrogens with two attached hydrogens (primary N) is 1. The van der Waals surface area contributed by atoms with Gasteiger partial charge in [-0.25, -0.2) is 4.79 Å². The highest BCUT2D eigenvalue weighted by atomic mass is 16.6. The first-order chi connectivity index (χ1) is 8.20. The van der Waals surface area contributed by atoms with Gasteiger partial charge in [0, 0.05) is 0 Å². The number of anilines is 2. The minimum atomic E-state index is -0.519. The van der Waals surface area contributed by atoms with Crippen molar-refractivity contribution in [2.24, 2.45) is 0 Å². The molecule has 0 bridgehead atoms. The lowest BCUT2D eigenvalue weighted by Gasteiger charge is -2.20. The minimum absolute atomic E-state index is 0.311. The minimum Gasteiger partial charge on any atom is -0.444 e. The molecule has 1 aromatic carbocycles. The summed E-state index contributed by atoms with van der Waals surface area (Å²) in [5, 5.41) is 2.68. The van der Waals surface area contributed by atoms with Crippen LogP contribution in [0.1, 0.15) is 46.1 Å². The molecule has 100 valence electrons. The van der Waals surface area contributed by atoms with Gasteiger partial charge in [0.05, 0.1) is 11.4 Å². The van der Waals surface area contributed by atoms with Crippen LogP contribution in [0.15, 0.2) is 18.2 Å². The fourth-order valence-electron chi connectivity index (χ4n) is 1.61. The molecule has 1 amide bonds. The number of rotatable bonds is 2. The predicted octanol–water partition coefficient (Wildman–Crippen LogP) is 3.74. The molecule has 0 unspecified atom stereocenters. The van der Waals surface area contributed by atoms with Gasteiger partial charge in [0.1, 0.15) is 5.60 Å². The molecule has 0 aliphatic heterocycles. The number of amides is 1. The lowest BCUT2D eigenvalue weighted by atomic mass is 10.0. The van der Waals surface area contributed by atoms with Crippen molar-refractivity contribution in [3.8, 4) is 0 Å². The van der Waals surface area contributed by atoms with Crippen LogP contribution in [-0.2, 0) is 4.74 Å². The highest BCUT2D eigenvalue weighted by Gasteiger charge is 2.17. The monoisotopic (exact) mass is 250 g/mol. The van der Waals surface area contributed by atoms with Gasteiger partial charge < -0.3 is 10.5 Å². The van der Waals surface area contributed by atoms with Crippen molar-refractivity contribution in [3.05, 3.63) is 23.8 Å². The van der Waals surface area contributed by atoms with Gasteiger partial charge in [0.15, 0.2) is 0 Å². The van der Waals surface area contributed by atoms with E-state index in [0.717, 1.165) is 5.56 Å². The predicted molar refractivity (Wildman–Crippen MR) is 74.8 cm³/mol. The first-order valence-electron chi connectivity index (χ1n) is 6.09. The molecule has 0 saturated heterocycles. The average Bonchev–Trinajstić information content (AvgIpc) is 2.17. The van der Waals surface area contributed by atoms with Crippen molar-refractivity contribution < 1.29 is 9.53 Å². The number of para-hydroxylation sites is 1. The topological polar surface area (TPSA) is 64.3 Å². The van der Waals surface area contributed by atoms with Crippen LogP contribution < -0.4 is 11.1 Å². The van der Waals surface area contributed by atoms with Gasteiger partial charge in [-0.15, -0.1) is 0 Å². The van der Waals surface area contributed by atoms with Crippen LogP contribution in [0.5, 0.6) is 0 Å². The SMILES string of the molecule is CC(C)c1cccc(NC(=O)OC(C)(C)C)c1N. The summed E-state index contributed by atoms with van der Waals surface area (Å²) in [4.78, 5) is 11.7. The van der Waals surface area contributed by atoms with E-state index >= 15 is 0 Å². The van der Waals surface area contributed by atoms with Crippen LogP contribution in [0.2, 0.25) is 0 Å². The largest absolute Gasteiger partial charge is 0.444 e. The quantitative estimate of drug-likeness (QED) is 0.786. The molecule has 1 rings (SSSR count). The molecule has 1 aromatic rings. The Hall–Kier alpha value is -1.71. The summed E-state index contributed by atoms with van der Waals surface area (Å²) in [6, 6.07) is 5.60. The summed E-state index contributed by atoms with van der Waals surface area (Å²) < 4.78 is 5.19. The smallest absolute Gasteiger partial charge is 0.412 e. The normalized spacial score (nSPS) is 11.4. The van der Waals surface area contributed by atoms with E-state index in [9.17, 15) is 4.79 Å². The second-order valence-corrected chi connectivity index (χ2v) is 5.59. The fourth-order valence-corrected chi connectivity index (χ4v) is 1.61. The number of nitrogen functional groups attached to an aromatic ring is 1. The van der Waals surface area contributed by atoms with E-state index < -0.39 is 11.7 Å². The highest BCUT2D eigenvalue weighted by Crippen LogP contribution is 2.28. The zero-order valence-electron chi connectivity index (χ0n) is 11.7. The van der Waals surface area contributed by atoms with Crippen LogP contribution in [0.4, 0.5) is 16.2 Å². The number of benzene rings is 1. The Morgan fingerprint density at radius 3 is 2.44 bits per heavy atom. The van der Waals surface area contributed by atoms with Crippen molar-refractivity contribution in [2.45, 2.75) is 46.1 Å². The second kappa shape index (κ2) is 5.29. The van der Waals surface area contributed by atoms with Crippen LogP contribution in [-0.4, -0.2) is 11.7 Å². The van der Waals surface area contributed by atoms with Gasteiger partial charge in [0.2, 0.25) is 0 Å². The number of hydrogen-bond acceptors (Lipinski definition) is 3. The molecule has 0 aliphatic rings. The van der Waals surface area contributed by atoms with Gasteiger partial charge in [-0.2, -0.15) is 0 Å². The van der Waals surface area contributed by atoms with Gasteiger partial charge in [-0.1, -0.05) is 26.0 Å². The first-order valence-corrected chi connectivity index (χ1v) is 6.09. The molecule has 0 fully saturated rings. The van der Waals surface area contributed by atoms with Gasteiger partial charge in [0.25, 0.3) is 0 Å². The van der Waals surface area contributed by atoms with Crippen molar-refractivity contribution in [3.63, 3.8) is 0 Å². The van der Waals surface area contributed by atoms with Gasteiger partial charge in [-0.3, -0.25) is 5.32 Å². The molecule has 0 heterocycles. The number of nitrogens with one attached hydrogen (secondary N) is 1. The van der Waals surface area contributed by atoms with Crippen LogP contribution in [0, 0.1) is 0 Å². The average molecular weight is 250 g/mol. The van der Waals surface area contributed by atoms with E-state index in [1.54, 1.807) is 6.07 Å². The standard InChI is InChI=1S/C14H22N2O2/c1-9(2)10-7-6-8-11(12(10)15)16-13(17)18-14(3,4)5/h6-9H,15H2,1-5H3,(H,16,17). The number of hydrogen-bond donors (Lipinski definition) is 2. The molecule has 4 nitrogen and oxygen atoms in total. The Labute approximate surface area is 109 Å². The zero-order chi connectivity index (χ0) is 13.9. The molecule has 0 spiro atoms. The lowest BCUT2D eigenvalue weighted by molar-refractivity contribution is 0.0636. The Kier molecular flexibility index (Phi) is 4.22. The second-order valence-electron chi connectivity index (χ2n) is 5.59. The molecule has 0 atom stereocenters. The first kappa shape index (κ1) is 14.4. The number of carbonyl (C=O) groups excluding carboxylic acids is 1. The summed E-state index contributed by atoms with van der Waals surface area (Å²) in [5.74, 6) is 0.311. The van der Waals surface area contributed by atoms with E-state index in [0.29, 0.717) is 17.3 Å². The highest BCUT2D eigenvalue weighted by molar-refractivity contribution is 5.89. The molecule has 3 N–H and O–H groups in total. The maximum Gasteiger partial charge on any atom is 0.412 e. The van der Waals surface area contributed by atoms with E-state index in [4.69, 9.17) is 10.5 Å². The molecule has 0 radical (unpaired) electrons. The molecule has 0 aromatic heterocycles. The van der Waals surface area contributed by atoms with Crippen LogP contribution >= 0.6 is 0 Å². The maximum atomic E-state index is 11.7. The Morgan fingerprint density at radius 1 is 1.33 bits per heavy atom. The van der Waals surface area contributed by atoms with Gasteiger partial charge in [-0.05, 0) is 38.3 Å². The molecular formula is C14H22N2O2. The van der Waals surface area contributed by atoms with Crippen molar-refractivity contribution >= 4 is 17.5 Å². The third kappa shape index (κ3) is 3.95. The third-order valence-corrected chi connectivity index (χ3v) is 2.40. The summed E-state index contributed by atoms with van der Waals surface area (Å²) in [5.41, 5.74) is 7.71. The molecule has 0 saturated carbocycles. The fraction of sp³-hybridized carbons (Fsp3) is 0.500. The van der Waals surface area contributed by atoms with E-state index in [2.05, 4.69) is 19.2 Å². The number of carbonyl (C=O) groups is 1. The van der Waals surface area contributed by atoms with E-state index in [-0.39, 0.29) is 0 Å². The summed E-state index contributed by atoms with van der Waals surface area (Å²) in [6.45, 7) is 9.58.